The molecule has 17 heavy (non-hydrogen) atoms. The maximum absolute atomic E-state index is 11.0. The van der Waals surface area contributed by atoms with Crippen LogP contribution in [0.5, 0.6) is 11.5 Å². The summed E-state index contributed by atoms with van der Waals surface area (Å²) in [4.78, 5) is 11.0. The van der Waals surface area contributed by atoms with Crippen LogP contribution >= 0.6 is 0 Å². The molecule has 1 aliphatic rings. The summed E-state index contributed by atoms with van der Waals surface area (Å²) >= 11 is 0. The lowest BCUT2D eigenvalue weighted by Gasteiger charge is -2.36. The quantitative estimate of drug-likeness (QED) is 0.643. The van der Waals surface area contributed by atoms with Crippen molar-refractivity contribution in [1.29, 1.82) is 0 Å². The molecule has 0 unspecified atom stereocenters. The minimum absolute atomic E-state index is 0.182. The summed E-state index contributed by atoms with van der Waals surface area (Å²) in [7, 11) is 0. The van der Waals surface area contributed by atoms with Crippen molar-refractivity contribution in [1.82, 2.24) is 0 Å². The fraction of sp³-hybridized carbons (Fsp3) is 0.417. The van der Waals surface area contributed by atoms with E-state index in [1.165, 1.54) is 12.1 Å². The summed E-state index contributed by atoms with van der Waals surface area (Å²) in [6, 6.07) is 2.81. The number of phenolic OH excluding ortho intramolecular Hbond substituents is 2. The normalized spacial score (nSPS) is 21.9. The summed E-state index contributed by atoms with van der Waals surface area (Å²) in [5, 5.41) is 27.9. The Balaban J connectivity index is 2.52. The molecule has 0 fully saturated rings. The van der Waals surface area contributed by atoms with Crippen molar-refractivity contribution < 1.29 is 24.9 Å². The minimum Gasteiger partial charge on any atom is -0.504 e. The Morgan fingerprint density at radius 1 is 1.35 bits per heavy atom. The van der Waals surface area contributed by atoms with Crippen LogP contribution < -0.4 is 0 Å². The van der Waals surface area contributed by atoms with E-state index in [4.69, 9.17) is 9.84 Å². The van der Waals surface area contributed by atoms with Gasteiger partial charge in [0.1, 0.15) is 0 Å². The van der Waals surface area contributed by atoms with Crippen molar-refractivity contribution in [2.75, 3.05) is 0 Å². The molecule has 2 rings (SSSR count). The van der Waals surface area contributed by atoms with Crippen LogP contribution in [0.25, 0.3) is 0 Å². The average Bonchev–Trinajstić information content (AvgIpc) is 2.20. The van der Waals surface area contributed by atoms with Gasteiger partial charge in [-0.15, -0.1) is 0 Å². The van der Waals surface area contributed by atoms with Crippen LogP contribution in [0.1, 0.15) is 25.0 Å². The van der Waals surface area contributed by atoms with E-state index < -0.39 is 17.7 Å². The first-order valence-electron chi connectivity index (χ1n) is 5.27. The predicted octanol–water partition coefficient (Wildman–Crippen LogP) is 1.36. The van der Waals surface area contributed by atoms with Gasteiger partial charge in [-0.25, -0.2) is 4.79 Å². The highest BCUT2D eigenvalue weighted by Gasteiger charge is 2.37. The Morgan fingerprint density at radius 2 is 1.94 bits per heavy atom. The summed E-state index contributed by atoms with van der Waals surface area (Å²) in [5.41, 5.74) is 0.580. The van der Waals surface area contributed by atoms with Gasteiger partial charge in [-0.05, 0) is 37.1 Å². The Kier molecular flexibility index (Phi) is 2.50. The Labute approximate surface area is 98.3 Å². The van der Waals surface area contributed by atoms with Gasteiger partial charge in [0, 0.05) is 6.42 Å². The Hall–Kier alpha value is -1.75. The second-order valence-corrected chi connectivity index (χ2v) is 4.66. The molecule has 0 radical (unpaired) electrons. The maximum Gasteiger partial charge on any atom is 0.333 e. The topological polar surface area (TPSA) is 87.0 Å². The fourth-order valence-electron chi connectivity index (χ4n) is 2.15. The molecule has 1 aromatic carbocycles. The van der Waals surface area contributed by atoms with E-state index in [0.29, 0.717) is 11.1 Å². The van der Waals surface area contributed by atoms with Crippen LogP contribution in [0.2, 0.25) is 0 Å². The van der Waals surface area contributed by atoms with E-state index in [0.717, 1.165) is 0 Å². The highest BCUT2D eigenvalue weighted by atomic mass is 16.5. The van der Waals surface area contributed by atoms with E-state index in [9.17, 15) is 15.0 Å². The molecule has 92 valence electrons. The van der Waals surface area contributed by atoms with E-state index in [1.54, 1.807) is 13.8 Å². The number of benzene rings is 1. The summed E-state index contributed by atoms with van der Waals surface area (Å²) in [5.74, 6) is -1.50. The zero-order valence-electron chi connectivity index (χ0n) is 9.60. The standard InChI is InChI=1S/C12H14O5/c1-12(2)7-5-9(14)8(13)3-6(7)4-10(17-12)11(15)16/h3,5,10,13-14H,4H2,1-2H3,(H,15,16)/t10-/m1/s1. The van der Waals surface area contributed by atoms with Crippen LogP contribution in [0, 0.1) is 0 Å². The molecular formula is C12H14O5. The molecule has 3 N–H and O–H groups in total. The third kappa shape index (κ3) is 1.93. The molecule has 1 atom stereocenters. The van der Waals surface area contributed by atoms with Gasteiger partial charge in [0.2, 0.25) is 0 Å². The molecule has 0 saturated carbocycles. The first-order valence-corrected chi connectivity index (χ1v) is 5.27. The second-order valence-electron chi connectivity index (χ2n) is 4.66. The minimum atomic E-state index is -1.03. The van der Waals surface area contributed by atoms with Crippen molar-refractivity contribution in [3.8, 4) is 11.5 Å². The van der Waals surface area contributed by atoms with Gasteiger partial charge in [0.05, 0.1) is 5.60 Å². The van der Waals surface area contributed by atoms with Gasteiger partial charge in [0.15, 0.2) is 17.6 Å². The van der Waals surface area contributed by atoms with E-state index >= 15 is 0 Å². The Bertz CT molecular complexity index is 478. The molecule has 0 amide bonds. The van der Waals surface area contributed by atoms with Crippen molar-refractivity contribution in [3.05, 3.63) is 23.3 Å². The molecule has 1 aliphatic heterocycles. The molecule has 0 spiro atoms. The van der Waals surface area contributed by atoms with E-state index in [1.807, 2.05) is 0 Å². The van der Waals surface area contributed by atoms with Gasteiger partial charge in [-0.1, -0.05) is 0 Å². The highest BCUT2D eigenvalue weighted by Crippen LogP contribution is 2.40. The van der Waals surface area contributed by atoms with Gasteiger partial charge < -0.3 is 20.1 Å². The second kappa shape index (κ2) is 3.63. The number of hydrogen-bond acceptors (Lipinski definition) is 4. The molecule has 1 aromatic rings. The number of hydrogen-bond donors (Lipinski definition) is 3. The monoisotopic (exact) mass is 238 g/mol. The third-order valence-corrected chi connectivity index (χ3v) is 2.97. The molecule has 0 aromatic heterocycles. The van der Waals surface area contributed by atoms with Crippen LogP contribution in [-0.2, 0) is 21.6 Å². The predicted molar refractivity (Wildman–Crippen MR) is 59.0 cm³/mol. The number of carbonyl (C=O) groups is 1. The number of carboxylic acids is 1. The largest absolute Gasteiger partial charge is 0.504 e. The molecule has 0 bridgehead atoms. The summed E-state index contributed by atoms with van der Waals surface area (Å²) in [6.07, 6.45) is -0.747. The van der Waals surface area contributed by atoms with Crippen LogP contribution in [0.3, 0.4) is 0 Å². The van der Waals surface area contributed by atoms with Gasteiger partial charge in [-0.3, -0.25) is 0 Å². The van der Waals surface area contributed by atoms with Crippen LogP contribution in [0.15, 0.2) is 12.1 Å². The van der Waals surface area contributed by atoms with Crippen molar-refractivity contribution in [2.45, 2.75) is 32.0 Å². The number of fused-ring (bicyclic) bond motifs is 1. The van der Waals surface area contributed by atoms with Crippen molar-refractivity contribution in [2.24, 2.45) is 0 Å². The summed E-state index contributed by atoms with van der Waals surface area (Å²) < 4.78 is 5.46. The molecular weight excluding hydrogens is 224 g/mol. The van der Waals surface area contributed by atoms with Gasteiger partial charge in [-0.2, -0.15) is 0 Å². The number of aliphatic carboxylic acids is 1. The smallest absolute Gasteiger partial charge is 0.333 e. The zero-order chi connectivity index (χ0) is 12.8. The average molecular weight is 238 g/mol. The number of aromatic hydroxyl groups is 2. The first-order chi connectivity index (χ1) is 7.81. The van der Waals surface area contributed by atoms with Crippen molar-refractivity contribution >= 4 is 5.97 Å². The van der Waals surface area contributed by atoms with Crippen LogP contribution in [0.4, 0.5) is 0 Å². The molecule has 0 aliphatic carbocycles. The fourth-order valence-corrected chi connectivity index (χ4v) is 2.15. The third-order valence-electron chi connectivity index (χ3n) is 2.97. The van der Waals surface area contributed by atoms with Gasteiger partial charge >= 0.3 is 5.97 Å². The van der Waals surface area contributed by atoms with Crippen LogP contribution in [-0.4, -0.2) is 27.4 Å². The lowest BCUT2D eigenvalue weighted by atomic mass is 9.86. The number of phenols is 2. The Morgan fingerprint density at radius 3 is 2.53 bits per heavy atom. The number of rotatable bonds is 1. The molecule has 5 heteroatoms. The van der Waals surface area contributed by atoms with E-state index in [2.05, 4.69) is 0 Å². The number of carboxylic acid groups (broad SMARTS) is 1. The lowest BCUT2D eigenvalue weighted by molar-refractivity contribution is -0.164. The van der Waals surface area contributed by atoms with E-state index in [-0.39, 0.29) is 17.9 Å². The SMILES string of the molecule is CC1(C)O[C@@H](C(=O)O)Cc2cc(O)c(O)cc21. The van der Waals surface area contributed by atoms with Gasteiger partial charge in [0.25, 0.3) is 0 Å². The van der Waals surface area contributed by atoms with Crippen molar-refractivity contribution in [3.63, 3.8) is 0 Å². The molecule has 5 nitrogen and oxygen atoms in total. The molecule has 1 heterocycles. The number of ether oxygens (including phenoxy) is 1. The first kappa shape index (κ1) is 11.7. The lowest BCUT2D eigenvalue weighted by Crippen LogP contribution is -2.40. The molecule has 0 saturated heterocycles. The highest BCUT2D eigenvalue weighted by molar-refractivity contribution is 5.73. The summed E-state index contributed by atoms with van der Waals surface area (Å²) in [6.45, 7) is 3.47. The maximum atomic E-state index is 11.0. The zero-order valence-corrected chi connectivity index (χ0v) is 9.60.